The van der Waals surface area contributed by atoms with Crippen molar-refractivity contribution in [2.75, 3.05) is 0 Å². The zero-order valence-corrected chi connectivity index (χ0v) is 19.3. The average molecular weight is 417 g/mol. The summed E-state index contributed by atoms with van der Waals surface area (Å²) in [6.07, 6.45) is 13.5. The number of aliphatic carboxylic acids is 1. The molecule has 0 amide bonds. The van der Waals surface area contributed by atoms with Gasteiger partial charge in [0.1, 0.15) is 6.10 Å². The summed E-state index contributed by atoms with van der Waals surface area (Å²) < 4.78 is 5.52. The Morgan fingerprint density at radius 2 is 1.93 bits per heavy atom. The van der Waals surface area contributed by atoms with Crippen LogP contribution in [0.15, 0.2) is 11.6 Å². The fraction of sp³-hybridized carbons (Fsp3) is 0.846. The largest absolute Gasteiger partial charge is 0.481 e. The molecule has 4 aliphatic carbocycles. The van der Waals surface area contributed by atoms with Gasteiger partial charge in [-0.15, -0.1) is 0 Å². The molecule has 30 heavy (non-hydrogen) atoms. The first-order valence-electron chi connectivity index (χ1n) is 12.3. The summed E-state index contributed by atoms with van der Waals surface area (Å²) in [6.45, 7) is 8.54. The summed E-state index contributed by atoms with van der Waals surface area (Å²) in [5.74, 6) is 1.54. The molecule has 0 saturated heterocycles. The highest BCUT2D eigenvalue weighted by molar-refractivity contribution is 5.69. The number of hydrogen-bond acceptors (Lipinski definition) is 3. The van der Waals surface area contributed by atoms with E-state index in [1.165, 1.54) is 58.3 Å². The molecule has 4 nitrogen and oxygen atoms in total. The minimum absolute atomic E-state index is 0.0801. The first-order chi connectivity index (χ1) is 14.2. The van der Waals surface area contributed by atoms with Gasteiger partial charge in [0.2, 0.25) is 0 Å². The highest BCUT2D eigenvalue weighted by Gasteiger charge is 2.59. The molecule has 0 aromatic rings. The van der Waals surface area contributed by atoms with Crippen LogP contribution in [0.25, 0.3) is 0 Å². The number of fused-ring (bicyclic) bond motifs is 5. The lowest BCUT2D eigenvalue weighted by Gasteiger charge is -2.58. The molecule has 1 unspecified atom stereocenters. The number of esters is 1. The fourth-order valence-electron chi connectivity index (χ4n) is 8.58. The number of hydrogen-bond donors (Lipinski definition) is 1. The van der Waals surface area contributed by atoms with Crippen LogP contribution in [0.5, 0.6) is 0 Å². The number of carboxylic acid groups (broad SMARTS) is 1. The van der Waals surface area contributed by atoms with Crippen molar-refractivity contribution in [3.63, 3.8) is 0 Å². The summed E-state index contributed by atoms with van der Waals surface area (Å²) in [6, 6.07) is 0. The molecule has 3 saturated carbocycles. The molecule has 4 rings (SSSR count). The van der Waals surface area contributed by atoms with Crippen molar-refractivity contribution in [3.8, 4) is 0 Å². The third kappa shape index (κ3) is 3.52. The Kier molecular flexibility index (Phi) is 5.83. The topological polar surface area (TPSA) is 63.6 Å². The smallest absolute Gasteiger partial charge is 0.307 e. The van der Waals surface area contributed by atoms with Gasteiger partial charge in [-0.05, 0) is 91.8 Å². The summed E-state index contributed by atoms with van der Waals surface area (Å²) >= 11 is 0. The highest BCUT2D eigenvalue weighted by Crippen LogP contribution is 2.67. The van der Waals surface area contributed by atoms with Crippen LogP contribution in [-0.2, 0) is 14.3 Å². The van der Waals surface area contributed by atoms with E-state index in [1.807, 2.05) is 0 Å². The first-order valence-corrected chi connectivity index (χ1v) is 12.3. The molecule has 4 aliphatic rings. The maximum Gasteiger partial charge on any atom is 0.307 e. The van der Waals surface area contributed by atoms with E-state index >= 15 is 0 Å². The predicted octanol–water partition coefficient (Wildman–Crippen LogP) is 6.00. The van der Waals surface area contributed by atoms with Gasteiger partial charge < -0.3 is 9.84 Å². The van der Waals surface area contributed by atoms with Crippen LogP contribution < -0.4 is 0 Å². The Balaban J connectivity index is 1.57. The highest BCUT2D eigenvalue weighted by atomic mass is 16.5. The quantitative estimate of drug-likeness (QED) is 0.441. The standard InChI is InChI=1S/C26H40O4/c1-16(23(15-24(28)29)30-17(2)27)20-10-11-21-19-9-8-18-7-5-6-13-25(18,3)22(19)12-14-26(20,21)4/h8,16,19-23H,5-7,9-15H2,1-4H3,(H,28,29)/t16-,19-,20+,21-,22-,23?,25-,26+/m0/s1. The van der Waals surface area contributed by atoms with Gasteiger partial charge in [-0.1, -0.05) is 38.8 Å². The molecular weight excluding hydrogens is 376 g/mol. The molecular formula is C26H40O4. The molecule has 0 radical (unpaired) electrons. The minimum atomic E-state index is -0.883. The van der Waals surface area contributed by atoms with Crippen molar-refractivity contribution in [1.29, 1.82) is 0 Å². The second-order valence-electron chi connectivity index (χ2n) is 11.3. The van der Waals surface area contributed by atoms with E-state index in [1.54, 1.807) is 5.57 Å². The van der Waals surface area contributed by atoms with Crippen molar-refractivity contribution in [1.82, 2.24) is 0 Å². The van der Waals surface area contributed by atoms with Crippen molar-refractivity contribution < 1.29 is 19.4 Å². The molecule has 3 fully saturated rings. The van der Waals surface area contributed by atoms with Gasteiger partial charge in [0, 0.05) is 6.92 Å². The van der Waals surface area contributed by atoms with E-state index in [0.29, 0.717) is 17.3 Å². The SMILES string of the molecule is CC(=O)OC(CC(=O)O)[C@@H](C)[C@H]1CC[C@H]2[C@@H]3CC=C4CCCC[C@]4(C)[C@H]3CC[C@]12C. The van der Waals surface area contributed by atoms with E-state index in [0.717, 1.165) is 18.3 Å². The zero-order chi connectivity index (χ0) is 21.7. The Hall–Kier alpha value is -1.32. The zero-order valence-electron chi connectivity index (χ0n) is 19.3. The Morgan fingerprint density at radius 1 is 1.17 bits per heavy atom. The second-order valence-corrected chi connectivity index (χ2v) is 11.3. The molecule has 0 aromatic carbocycles. The third-order valence-corrected chi connectivity index (χ3v) is 10.0. The Morgan fingerprint density at radius 3 is 2.63 bits per heavy atom. The molecule has 168 valence electrons. The molecule has 0 spiro atoms. The maximum atomic E-state index is 11.7. The average Bonchev–Trinajstić information content (AvgIpc) is 3.03. The molecule has 0 bridgehead atoms. The van der Waals surface area contributed by atoms with E-state index in [4.69, 9.17) is 4.74 Å². The molecule has 0 aromatic heterocycles. The summed E-state index contributed by atoms with van der Waals surface area (Å²) in [7, 11) is 0. The fourth-order valence-corrected chi connectivity index (χ4v) is 8.58. The molecule has 4 heteroatoms. The lowest BCUT2D eigenvalue weighted by Crippen LogP contribution is -2.50. The number of carbonyl (C=O) groups is 2. The van der Waals surface area contributed by atoms with E-state index < -0.39 is 12.1 Å². The van der Waals surface area contributed by atoms with Crippen LogP contribution in [0.4, 0.5) is 0 Å². The van der Waals surface area contributed by atoms with Crippen molar-refractivity contribution in [3.05, 3.63) is 11.6 Å². The monoisotopic (exact) mass is 416 g/mol. The number of allylic oxidation sites excluding steroid dienone is 2. The molecule has 0 heterocycles. The summed E-state index contributed by atoms with van der Waals surface area (Å²) in [5, 5.41) is 9.38. The Labute approximate surface area is 181 Å². The number of ether oxygens (including phenoxy) is 1. The normalized spacial score (nSPS) is 42.2. The van der Waals surface area contributed by atoms with E-state index in [-0.39, 0.29) is 23.7 Å². The van der Waals surface area contributed by atoms with Crippen LogP contribution in [0.2, 0.25) is 0 Å². The number of carbonyl (C=O) groups excluding carboxylic acids is 1. The summed E-state index contributed by atoms with van der Waals surface area (Å²) in [4.78, 5) is 23.1. The van der Waals surface area contributed by atoms with Gasteiger partial charge in [-0.3, -0.25) is 9.59 Å². The van der Waals surface area contributed by atoms with E-state index in [9.17, 15) is 14.7 Å². The van der Waals surface area contributed by atoms with Gasteiger partial charge in [-0.25, -0.2) is 0 Å². The Bertz CT molecular complexity index is 711. The van der Waals surface area contributed by atoms with Gasteiger partial charge in [0.25, 0.3) is 0 Å². The summed E-state index contributed by atoms with van der Waals surface area (Å²) in [5.41, 5.74) is 2.39. The maximum absolute atomic E-state index is 11.7. The van der Waals surface area contributed by atoms with Gasteiger partial charge in [-0.2, -0.15) is 0 Å². The van der Waals surface area contributed by atoms with Crippen molar-refractivity contribution in [2.24, 2.45) is 40.4 Å². The van der Waals surface area contributed by atoms with Crippen LogP contribution in [0.1, 0.15) is 91.9 Å². The van der Waals surface area contributed by atoms with Gasteiger partial charge >= 0.3 is 11.9 Å². The number of rotatable bonds is 5. The van der Waals surface area contributed by atoms with Crippen LogP contribution >= 0.6 is 0 Å². The van der Waals surface area contributed by atoms with Crippen molar-refractivity contribution in [2.45, 2.75) is 98.0 Å². The van der Waals surface area contributed by atoms with Crippen LogP contribution in [-0.4, -0.2) is 23.1 Å². The lowest BCUT2D eigenvalue weighted by molar-refractivity contribution is -0.156. The van der Waals surface area contributed by atoms with Crippen molar-refractivity contribution >= 4 is 11.9 Å². The first kappa shape index (κ1) is 21.9. The van der Waals surface area contributed by atoms with Gasteiger partial charge in [0.15, 0.2) is 0 Å². The minimum Gasteiger partial charge on any atom is -0.481 e. The van der Waals surface area contributed by atoms with E-state index in [2.05, 4.69) is 26.8 Å². The molecule has 1 N–H and O–H groups in total. The van der Waals surface area contributed by atoms with Crippen LogP contribution in [0.3, 0.4) is 0 Å². The second kappa shape index (κ2) is 7.98. The van der Waals surface area contributed by atoms with Crippen LogP contribution in [0, 0.1) is 40.4 Å². The number of carboxylic acids is 1. The lowest BCUT2D eigenvalue weighted by atomic mass is 9.47. The molecule has 0 aliphatic heterocycles. The van der Waals surface area contributed by atoms with Gasteiger partial charge in [0.05, 0.1) is 6.42 Å². The third-order valence-electron chi connectivity index (χ3n) is 10.0. The molecule has 8 atom stereocenters. The predicted molar refractivity (Wildman–Crippen MR) is 117 cm³/mol.